The first-order chi connectivity index (χ1) is 11.2. The van der Waals surface area contributed by atoms with Crippen LogP contribution in [0.2, 0.25) is 5.02 Å². The predicted octanol–water partition coefficient (Wildman–Crippen LogP) is 3.29. The third-order valence-corrected chi connectivity index (χ3v) is 5.16. The van der Waals surface area contributed by atoms with Crippen LogP contribution in [0.4, 0.5) is 0 Å². The van der Waals surface area contributed by atoms with Crippen LogP contribution in [-0.4, -0.2) is 26.6 Å². The molecule has 0 bridgehead atoms. The Kier molecular flexibility index (Phi) is 3.46. The first-order valence-electron chi connectivity index (χ1n) is 7.01. The Hall–Kier alpha value is -2.12. The number of thioether (sulfide) groups is 1. The SMILES string of the molecule is COc1ccc(Cl)c(-c2nnc3n2NC(c2cccn2C)S3)c1. The topological polar surface area (TPSA) is 56.9 Å². The Labute approximate surface area is 142 Å². The molecule has 1 aromatic carbocycles. The van der Waals surface area contributed by atoms with Gasteiger partial charge in [-0.2, -0.15) is 0 Å². The van der Waals surface area contributed by atoms with E-state index in [0.717, 1.165) is 16.5 Å². The molecule has 1 aliphatic heterocycles. The lowest BCUT2D eigenvalue weighted by Gasteiger charge is -2.13. The standard InChI is InChI=1S/C15H14ClN5OS/c1-20-7-3-4-12(20)14-19-21-13(17-18-15(21)23-14)10-8-9(22-2)5-6-11(10)16/h3-8,14,19H,1-2H3. The summed E-state index contributed by atoms with van der Waals surface area (Å²) in [5.74, 6) is 1.40. The van der Waals surface area contributed by atoms with Crippen molar-refractivity contribution in [2.45, 2.75) is 10.5 Å². The molecule has 2 aromatic heterocycles. The third-order valence-electron chi connectivity index (χ3n) is 3.77. The number of aromatic nitrogens is 4. The zero-order valence-electron chi connectivity index (χ0n) is 12.5. The fraction of sp³-hybridized carbons (Fsp3) is 0.200. The first-order valence-corrected chi connectivity index (χ1v) is 8.27. The quantitative estimate of drug-likeness (QED) is 0.787. The van der Waals surface area contributed by atoms with Crippen molar-refractivity contribution >= 4 is 23.4 Å². The molecule has 1 atom stereocenters. The molecule has 1 aliphatic rings. The molecule has 6 nitrogen and oxygen atoms in total. The number of fused-ring (bicyclic) bond motifs is 1. The van der Waals surface area contributed by atoms with E-state index in [4.69, 9.17) is 16.3 Å². The second kappa shape index (κ2) is 5.50. The van der Waals surface area contributed by atoms with Gasteiger partial charge in [-0.15, -0.1) is 10.2 Å². The Morgan fingerprint density at radius 1 is 1.30 bits per heavy atom. The molecule has 118 valence electrons. The van der Waals surface area contributed by atoms with Gasteiger partial charge < -0.3 is 14.7 Å². The lowest BCUT2D eigenvalue weighted by molar-refractivity contribution is 0.415. The van der Waals surface area contributed by atoms with Crippen LogP contribution in [0.1, 0.15) is 11.1 Å². The van der Waals surface area contributed by atoms with Gasteiger partial charge in [-0.25, -0.2) is 4.68 Å². The first kappa shape index (κ1) is 14.5. The van der Waals surface area contributed by atoms with Crippen LogP contribution in [0, 0.1) is 0 Å². The number of hydrogen-bond donors (Lipinski definition) is 1. The molecule has 3 aromatic rings. The van der Waals surface area contributed by atoms with Gasteiger partial charge in [-0.1, -0.05) is 23.4 Å². The lowest BCUT2D eigenvalue weighted by Crippen LogP contribution is -2.15. The van der Waals surface area contributed by atoms with Crippen LogP contribution >= 0.6 is 23.4 Å². The highest BCUT2D eigenvalue weighted by atomic mass is 35.5. The number of ether oxygens (including phenoxy) is 1. The van der Waals surface area contributed by atoms with E-state index in [2.05, 4.69) is 26.3 Å². The summed E-state index contributed by atoms with van der Waals surface area (Å²) in [6, 6.07) is 9.59. The number of nitrogens with one attached hydrogen (secondary N) is 1. The van der Waals surface area contributed by atoms with Gasteiger partial charge in [0.1, 0.15) is 11.1 Å². The highest BCUT2D eigenvalue weighted by Gasteiger charge is 2.30. The van der Waals surface area contributed by atoms with Crippen molar-refractivity contribution in [1.82, 2.24) is 19.4 Å². The van der Waals surface area contributed by atoms with Crippen LogP contribution < -0.4 is 10.2 Å². The number of hydrogen-bond acceptors (Lipinski definition) is 5. The summed E-state index contributed by atoms with van der Waals surface area (Å²) >= 11 is 7.95. The molecular formula is C15H14ClN5OS. The number of nitrogens with zero attached hydrogens (tertiary/aromatic N) is 4. The minimum absolute atomic E-state index is 0.0867. The molecule has 8 heteroatoms. The van der Waals surface area contributed by atoms with Gasteiger partial charge in [0.25, 0.3) is 0 Å². The van der Waals surface area contributed by atoms with Crippen LogP contribution in [-0.2, 0) is 7.05 Å². The summed E-state index contributed by atoms with van der Waals surface area (Å²) in [7, 11) is 3.65. The normalized spacial score (nSPS) is 16.2. The lowest BCUT2D eigenvalue weighted by atomic mass is 10.2. The molecule has 1 N–H and O–H groups in total. The maximum Gasteiger partial charge on any atom is 0.212 e. The van der Waals surface area contributed by atoms with Crippen molar-refractivity contribution in [2.24, 2.45) is 7.05 Å². The Bertz CT molecular complexity index is 875. The summed E-state index contributed by atoms with van der Waals surface area (Å²) in [5, 5.41) is 10.0. The molecule has 0 spiro atoms. The highest BCUT2D eigenvalue weighted by molar-refractivity contribution is 7.99. The molecule has 0 fully saturated rings. The Balaban J connectivity index is 1.72. The van der Waals surface area contributed by atoms with Gasteiger partial charge in [0.2, 0.25) is 5.16 Å². The predicted molar refractivity (Wildman–Crippen MR) is 90.4 cm³/mol. The molecule has 3 heterocycles. The average molecular weight is 348 g/mol. The van der Waals surface area contributed by atoms with E-state index in [0.29, 0.717) is 10.8 Å². The van der Waals surface area contributed by atoms with E-state index in [1.807, 2.05) is 36.1 Å². The van der Waals surface area contributed by atoms with Gasteiger partial charge in [-0.3, -0.25) is 0 Å². The zero-order valence-corrected chi connectivity index (χ0v) is 14.1. The van der Waals surface area contributed by atoms with Gasteiger partial charge in [0.05, 0.1) is 17.8 Å². The van der Waals surface area contributed by atoms with Gasteiger partial charge in [0, 0.05) is 18.8 Å². The molecule has 0 amide bonds. The van der Waals surface area contributed by atoms with E-state index in [-0.39, 0.29) is 5.37 Å². The number of methoxy groups -OCH3 is 1. The third kappa shape index (κ3) is 2.36. The second-order valence-electron chi connectivity index (χ2n) is 5.16. The number of aryl methyl sites for hydroxylation is 1. The fourth-order valence-corrected chi connectivity index (χ4v) is 3.83. The van der Waals surface area contributed by atoms with Crippen LogP contribution in [0.3, 0.4) is 0 Å². The number of benzene rings is 1. The summed E-state index contributed by atoms with van der Waals surface area (Å²) < 4.78 is 9.24. The van der Waals surface area contributed by atoms with Gasteiger partial charge >= 0.3 is 0 Å². The fourth-order valence-electron chi connectivity index (χ4n) is 2.56. The molecule has 4 rings (SSSR count). The van der Waals surface area contributed by atoms with Crippen molar-refractivity contribution < 1.29 is 4.74 Å². The molecule has 1 unspecified atom stereocenters. The maximum absolute atomic E-state index is 6.33. The molecular weight excluding hydrogens is 334 g/mol. The van der Waals surface area contributed by atoms with E-state index in [1.54, 1.807) is 24.9 Å². The summed E-state index contributed by atoms with van der Waals surface area (Å²) in [5.41, 5.74) is 5.38. The molecule has 0 aliphatic carbocycles. The Morgan fingerprint density at radius 2 is 2.17 bits per heavy atom. The monoisotopic (exact) mass is 347 g/mol. The van der Waals surface area contributed by atoms with E-state index >= 15 is 0 Å². The summed E-state index contributed by atoms with van der Waals surface area (Å²) in [6.07, 6.45) is 2.02. The number of rotatable bonds is 3. The van der Waals surface area contributed by atoms with Crippen LogP contribution in [0.15, 0.2) is 41.7 Å². The van der Waals surface area contributed by atoms with Crippen LogP contribution in [0.5, 0.6) is 5.75 Å². The van der Waals surface area contributed by atoms with E-state index < -0.39 is 0 Å². The van der Waals surface area contributed by atoms with Crippen molar-refractivity contribution in [3.05, 3.63) is 47.2 Å². The zero-order chi connectivity index (χ0) is 16.0. The summed E-state index contributed by atoms with van der Waals surface area (Å²) in [6.45, 7) is 0. The van der Waals surface area contributed by atoms with Gasteiger partial charge in [0.15, 0.2) is 5.82 Å². The van der Waals surface area contributed by atoms with Crippen molar-refractivity contribution in [1.29, 1.82) is 0 Å². The van der Waals surface area contributed by atoms with Crippen molar-refractivity contribution in [3.8, 4) is 17.1 Å². The maximum atomic E-state index is 6.33. The van der Waals surface area contributed by atoms with Crippen LogP contribution in [0.25, 0.3) is 11.4 Å². The summed E-state index contributed by atoms with van der Waals surface area (Å²) in [4.78, 5) is 0. The minimum atomic E-state index is 0.0867. The molecule has 23 heavy (non-hydrogen) atoms. The van der Waals surface area contributed by atoms with E-state index in [9.17, 15) is 0 Å². The largest absolute Gasteiger partial charge is 0.497 e. The second-order valence-corrected chi connectivity index (χ2v) is 6.64. The smallest absolute Gasteiger partial charge is 0.212 e. The molecule has 0 saturated heterocycles. The highest BCUT2D eigenvalue weighted by Crippen LogP contribution is 2.41. The molecule has 0 radical (unpaired) electrons. The number of halogens is 1. The minimum Gasteiger partial charge on any atom is -0.497 e. The van der Waals surface area contributed by atoms with E-state index in [1.165, 1.54) is 5.69 Å². The average Bonchev–Trinajstić information content (AvgIpc) is 3.23. The van der Waals surface area contributed by atoms with Crippen molar-refractivity contribution in [2.75, 3.05) is 12.5 Å². The van der Waals surface area contributed by atoms with Crippen molar-refractivity contribution in [3.63, 3.8) is 0 Å². The Morgan fingerprint density at radius 3 is 2.91 bits per heavy atom. The molecule has 0 saturated carbocycles. The van der Waals surface area contributed by atoms with Gasteiger partial charge in [-0.05, 0) is 30.3 Å².